The zero-order valence-corrected chi connectivity index (χ0v) is 19.2. The summed E-state index contributed by atoms with van der Waals surface area (Å²) >= 11 is 0. The molecule has 2 heterocycles. The molecule has 1 aromatic carbocycles. The Labute approximate surface area is 185 Å². The van der Waals surface area contributed by atoms with Gasteiger partial charge in [0, 0.05) is 70.5 Å². The average Bonchev–Trinajstić information content (AvgIpc) is 2.72. The highest BCUT2D eigenvalue weighted by molar-refractivity contribution is 14.0. The fraction of sp³-hybridized carbons (Fsp3) is 0.650. The van der Waals surface area contributed by atoms with E-state index < -0.39 is 5.60 Å². The van der Waals surface area contributed by atoms with Crippen molar-refractivity contribution in [2.45, 2.75) is 25.4 Å². The van der Waals surface area contributed by atoms with Crippen molar-refractivity contribution in [3.8, 4) is 5.75 Å². The van der Waals surface area contributed by atoms with Gasteiger partial charge in [-0.3, -0.25) is 4.99 Å². The van der Waals surface area contributed by atoms with Crippen LogP contribution in [0, 0.1) is 0 Å². The van der Waals surface area contributed by atoms with Crippen molar-refractivity contribution in [2.75, 3.05) is 64.5 Å². The first-order valence-corrected chi connectivity index (χ1v) is 9.86. The van der Waals surface area contributed by atoms with Crippen molar-refractivity contribution < 1.29 is 14.6 Å². The molecule has 2 saturated heterocycles. The van der Waals surface area contributed by atoms with Crippen LogP contribution in [0.15, 0.2) is 29.3 Å². The summed E-state index contributed by atoms with van der Waals surface area (Å²) in [5.74, 6) is 1.78. The van der Waals surface area contributed by atoms with E-state index in [2.05, 4.69) is 34.2 Å². The normalized spacial score (nSPS) is 19.8. The number of methoxy groups -OCH3 is 1. The molecule has 2 aliphatic heterocycles. The monoisotopic (exact) mass is 504 g/mol. The van der Waals surface area contributed by atoms with Crippen LogP contribution < -0.4 is 15.0 Å². The summed E-state index contributed by atoms with van der Waals surface area (Å²) in [4.78, 5) is 9.40. The molecule has 0 atom stereocenters. The first-order chi connectivity index (χ1) is 13.1. The number of ether oxygens (including phenoxy) is 2. The summed E-state index contributed by atoms with van der Waals surface area (Å²) in [6.07, 6.45) is 1.30. The summed E-state index contributed by atoms with van der Waals surface area (Å²) < 4.78 is 10.7. The van der Waals surface area contributed by atoms with Crippen LogP contribution in [0.1, 0.15) is 19.8 Å². The molecule has 0 unspecified atom stereocenters. The Balaban J connectivity index is 0.00000280. The van der Waals surface area contributed by atoms with Crippen LogP contribution in [-0.4, -0.2) is 81.2 Å². The third-order valence-corrected chi connectivity index (χ3v) is 5.28. The lowest BCUT2D eigenvalue weighted by atomic mass is 9.95. The molecule has 1 aromatic rings. The summed E-state index contributed by atoms with van der Waals surface area (Å²) in [5.41, 5.74) is 0.453. The van der Waals surface area contributed by atoms with Crippen molar-refractivity contribution in [3.05, 3.63) is 24.3 Å². The van der Waals surface area contributed by atoms with Crippen LogP contribution in [0.2, 0.25) is 0 Å². The second kappa shape index (κ2) is 11.1. The fourth-order valence-electron chi connectivity index (χ4n) is 3.54. The lowest BCUT2D eigenvalue weighted by Gasteiger charge is -2.38. The van der Waals surface area contributed by atoms with Crippen molar-refractivity contribution in [3.63, 3.8) is 0 Å². The minimum atomic E-state index is -0.735. The van der Waals surface area contributed by atoms with Gasteiger partial charge in [-0.25, -0.2) is 0 Å². The SMILES string of the molecule is CCNC(=NCC1(O)CCOCC1)N1CCN(c2cccc(OC)c2)CC1.I. The van der Waals surface area contributed by atoms with Crippen LogP contribution in [0.5, 0.6) is 5.75 Å². The highest BCUT2D eigenvalue weighted by Crippen LogP contribution is 2.23. The van der Waals surface area contributed by atoms with E-state index in [-0.39, 0.29) is 24.0 Å². The second-order valence-electron chi connectivity index (χ2n) is 7.18. The van der Waals surface area contributed by atoms with Gasteiger partial charge in [0.2, 0.25) is 0 Å². The third kappa shape index (κ3) is 6.12. The maximum atomic E-state index is 10.7. The lowest BCUT2D eigenvalue weighted by Crippen LogP contribution is -2.53. The van der Waals surface area contributed by atoms with Gasteiger partial charge in [0.15, 0.2) is 5.96 Å². The molecular formula is C20H33IN4O3. The molecular weight excluding hydrogens is 471 g/mol. The van der Waals surface area contributed by atoms with Crippen LogP contribution >= 0.6 is 24.0 Å². The van der Waals surface area contributed by atoms with Crippen molar-refractivity contribution in [2.24, 2.45) is 4.99 Å². The molecule has 0 amide bonds. The zero-order chi connectivity index (χ0) is 19.1. The van der Waals surface area contributed by atoms with Crippen molar-refractivity contribution >= 4 is 35.6 Å². The smallest absolute Gasteiger partial charge is 0.194 e. The van der Waals surface area contributed by atoms with Gasteiger partial charge in [0.25, 0.3) is 0 Å². The summed E-state index contributed by atoms with van der Waals surface area (Å²) in [7, 11) is 1.70. The van der Waals surface area contributed by atoms with E-state index in [0.29, 0.717) is 32.6 Å². The second-order valence-corrected chi connectivity index (χ2v) is 7.18. The number of aliphatic imine (C=N–C) groups is 1. The van der Waals surface area contributed by atoms with E-state index in [1.807, 2.05) is 12.1 Å². The number of benzene rings is 1. The highest BCUT2D eigenvalue weighted by Gasteiger charge is 2.30. The molecule has 0 aliphatic carbocycles. The Kier molecular flexibility index (Phi) is 9.10. The molecule has 0 aromatic heterocycles. The fourth-order valence-corrected chi connectivity index (χ4v) is 3.54. The molecule has 0 radical (unpaired) electrons. The number of hydrogen-bond acceptors (Lipinski definition) is 5. The van der Waals surface area contributed by atoms with Gasteiger partial charge >= 0.3 is 0 Å². The maximum absolute atomic E-state index is 10.7. The molecule has 7 nitrogen and oxygen atoms in total. The molecule has 0 spiro atoms. The number of rotatable bonds is 5. The first-order valence-electron chi connectivity index (χ1n) is 9.86. The van der Waals surface area contributed by atoms with Gasteiger partial charge in [0.1, 0.15) is 5.75 Å². The molecule has 2 N–H and O–H groups in total. The van der Waals surface area contributed by atoms with Crippen LogP contribution in [0.4, 0.5) is 5.69 Å². The number of piperazine rings is 1. The lowest BCUT2D eigenvalue weighted by molar-refractivity contribution is -0.0566. The van der Waals surface area contributed by atoms with E-state index >= 15 is 0 Å². The van der Waals surface area contributed by atoms with E-state index in [1.54, 1.807) is 7.11 Å². The minimum absolute atomic E-state index is 0. The Morgan fingerprint density at radius 2 is 1.96 bits per heavy atom. The number of halogens is 1. The average molecular weight is 504 g/mol. The summed E-state index contributed by atoms with van der Waals surface area (Å²) in [5, 5.41) is 14.1. The Hall–Kier alpha value is -1.26. The molecule has 2 aliphatic rings. The largest absolute Gasteiger partial charge is 0.497 e. The molecule has 28 heavy (non-hydrogen) atoms. The van der Waals surface area contributed by atoms with Crippen LogP contribution in [0.25, 0.3) is 0 Å². The van der Waals surface area contributed by atoms with Crippen molar-refractivity contribution in [1.82, 2.24) is 10.2 Å². The number of guanidine groups is 1. The number of nitrogens with one attached hydrogen (secondary N) is 1. The summed E-state index contributed by atoms with van der Waals surface area (Å²) in [6, 6.07) is 8.20. The first kappa shape index (κ1) is 23.0. The van der Waals surface area contributed by atoms with Gasteiger partial charge in [-0.05, 0) is 19.1 Å². The van der Waals surface area contributed by atoms with Gasteiger partial charge in [0.05, 0.1) is 19.3 Å². The molecule has 0 saturated carbocycles. The number of aliphatic hydroxyl groups is 1. The third-order valence-electron chi connectivity index (χ3n) is 5.28. The van der Waals surface area contributed by atoms with E-state index in [4.69, 9.17) is 14.5 Å². The summed E-state index contributed by atoms with van der Waals surface area (Å²) in [6.45, 7) is 8.18. The van der Waals surface area contributed by atoms with Gasteiger partial charge < -0.3 is 29.7 Å². The Morgan fingerprint density at radius 3 is 2.61 bits per heavy atom. The Morgan fingerprint density at radius 1 is 1.25 bits per heavy atom. The zero-order valence-electron chi connectivity index (χ0n) is 16.9. The van der Waals surface area contributed by atoms with E-state index in [0.717, 1.165) is 44.4 Å². The molecule has 0 bridgehead atoms. The number of anilines is 1. The number of nitrogens with zero attached hydrogens (tertiary/aromatic N) is 3. The van der Waals surface area contributed by atoms with Crippen molar-refractivity contribution in [1.29, 1.82) is 0 Å². The molecule has 158 valence electrons. The predicted octanol–water partition coefficient (Wildman–Crippen LogP) is 1.94. The molecule has 2 fully saturated rings. The highest BCUT2D eigenvalue weighted by atomic mass is 127. The predicted molar refractivity (Wildman–Crippen MR) is 123 cm³/mol. The number of hydrogen-bond donors (Lipinski definition) is 2. The van der Waals surface area contributed by atoms with E-state index in [1.165, 1.54) is 5.69 Å². The van der Waals surface area contributed by atoms with Gasteiger partial charge in [-0.2, -0.15) is 0 Å². The Bertz CT molecular complexity index is 630. The molecule has 8 heteroatoms. The molecule has 3 rings (SSSR count). The van der Waals surface area contributed by atoms with Gasteiger partial charge in [-0.1, -0.05) is 6.07 Å². The minimum Gasteiger partial charge on any atom is -0.497 e. The van der Waals surface area contributed by atoms with Crippen LogP contribution in [-0.2, 0) is 4.74 Å². The quantitative estimate of drug-likeness (QED) is 0.363. The van der Waals surface area contributed by atoms with Gasteiger partial charge in [-0.15, -0.1) is 24.0 Å². The standard InChI is InChI=1S/C20H32N4O3.HI/c1-3-21-19(22-16-20(25)7-13-27-14-8-20)24-11-9-23(10-12-24)17-5-4-6-18(15-17)26-2;/h4-6,15,25H,3,7-14,16H2,1-2H3,(H,21,22);1H. The van der Waals surface area contributed by atoms with E-state index in [9.17, 15) is 5.11 Å². The van der Waals surface area contributed by atoms with Crippen LogP contribution in [0.3, 0.4) is 0 Å². The maximum Gasteiger partial charge on any atom is 0.194 e. The topological polar surface area (TPSA) is 69.6 Å².